The molecule has 1 aromatic carbocycles. The Bertz CT molecular complexity index is 819. The zero-order valence-electron chi connectivity index (χ0n) is 14.8. The Hall–Kier alpha value is -2.43. The monoisotopic (exact) mass is 335 g/mol. The molecule has 0 bridgehead atoms. The van der Waals surface area contributed by atoms with E-state index in [0.717, 1.165) is 38.0 Å². The second-order valence-corrected chi connectivity index (χ2v) is 6.96. The van der Waals surface area contributed by atoms with Gasteiger partial charge in [-0.05, 0) is 37.3 Å². The molecule has 0 radical (unpaired) electrons. The van der Waals surface area contributed by atoms with Crippen LogP contribution in [0.5, 0.6) is 0 Å². The van der Waals surface area contributed by atoms with E-state index in [0.29, 0.717) is 5.92 Å². The van der Waals surface area contributed by atoms with Crippen LogP contribution in [0.15, 0.2) is 42.7 Å². The van der Waals surface area contributed by atoms with E-state index in [9.17, 15) is 0 Å². The van der Waals surface area contributed by atoms with Crippen molar-refractivity contribution < 1.29 is 0 Å². The van der Waals surface area contributed by atoms with Gasteiger partial charge in [0.1, 0.15) is 0 Å². The SMILES string of the molecule is CCCc1cc(N2CCC(Cn3ccnn3)CC2)c2ccccc2n1. The quantitative estimate of drug-likeness (QED) is 0.713. The lowest BCUT2D eigenvalue weighted by atomic mass is 9.96. The summed E-state index contributed by atoms with van der Waals surface area (Å²) in [5.74, 6) is 0.682. The maximum atomic E-state index is 4.84. The van der Waals surface area contributed by atoms with Crippen LogP contribution in [0.25, 0.3) is 10.9 Å². The fourth-order valence-corrected chi connectivity index (χ4v) is 3.81. The lowest BCUT2D eigenvalue weighted by Gasteiger charge is -2.34. The number of rotatable bonds is 5. The molecule has 5 heteroatoms. The average molecular weight is 335 g/mol. The Balaban J connectivity index is 1.54. The smallest absolute Gasteiger partial charge is 0.0726 e. The summed E-state index contributed by atoms with van der Waals surface area (Å²) < 4.78 is 1.96. The summed E-state index contributed by atoms with van der Waals surface area (Å²) in [6.07, 6.45) is 8.28. The third kappa shape index (κ3) is 3.50. The molecule has 1 fully saturated rings. The van der Waals surface area contributed by atoms with Crippen molar-refractivity contribution >= 4 is 16.6 Å². The van der Waals surface area contributed by atoms with Crippen LogP contribution in [0.4, 0.5) is 5.69 Å². The summed E-state index contributed by atoms with van der Waals surface area (Å²) in [6, 6.07) is 10.8. The molecule has 2 aromatic heterocycles. The summed E-state index contributed by atoms with van der Waals surface area (Å²) in [4.78, 5) is 7.38. The fraction of sp³-hybridized carbons (Fsp3) is 0.450. The van der Waals surface area contributed by atoms with Crippen LogP contribution in [0, 0.1) is 5.92 Å². The zero-order chi connectivity index (χ0) is 17.1. The number of pyridine rings is 1. The number of hydrogen-bond donors (Lipinski definition) is 0. The minimum atomic E-state index is 0.682. The number of para-hydroxylation sites is 1. The van der Waals surface area contributed by atoms with Crippen molar-refractivity contribution in [1.82, 2.24) is 20.0 Å². The van der Waals surface area contributed by atoms with Crippen molar-refractivity contribution in [3.63, 3.8) is 0 Å². The second-order valence-electron chi connectivity index (χ2n) is 6.96. The molecule has 0 atom stereocenters. The van der Waals surface area contributed by atoms with Gasteiger partial charge in [-0.3, -0.25) is 9.67 Å². The van der Waals surface area contributed by atoms with E-state index >= 15 is 0 Å². The zero-order valence-corrected chi connectivity index (χ0v) is 14.8. The highest BCUT2D eigenvalue weighted by molar-refractivity contribution is 5.92. The summed E-state index contributed by atoms with van der Waals surface area (Å²) in [7, 11) is 0. The van der Waals surface area contributed by atoms with Crippen LogP contribution in [0.3, 0.4) is 0 Å². The van der Waals surface area contributed by atoms with Crippen LogP contribution in [0.1, 0.15) is 31.9 Å². The summed E-state index contributed by atoms with van der Waals surface area (Å²) in [5.41, 5.74) is 3.68. The van der Waals surface area contributed by atoms with Crippen LogP contribution in [-0.2, 0) is 13.0 Å². The first-order chi connectivity index (χ1) is 12.3. The Morgan fingerprint density at radius 2 is 2.00 bits per heavy atom. The highest BCUT2D eigenvalue weighted by Crippen LogP contribution is 2.31. The molecule has 130 valence electrons. The van der Waals surface area contributed by atoms with Gasteiger partial charge in [0.15, 0.2) is 0 Å². The molecular weight excluding hydrogens is 310 g/mol. The molecule has 25 heavy (non-hydrogen) atoms. The number of benzene rings is 1. The Morgan fingerprint density at radius 1 is 1.16 bits per heavy atom. The van der Waals surface area contributed by atoms with Gasteiger partial charge in [0, 0.05) is 42.6 Å². The molecule has 0 spiro atoms. The van der Waals surface area contributed by atoms with Gasteiger partial charge in [0.05, 0.1) is 11.7 Å². The Labute approximate surface area is 148 Å². The molecule has 0 N–H and O–H groups in total. The number of piperidine rings is 1. The van der Waals surface area contributed by atoms with E-state index in [4.69, 9.17) is 4.98 Å². The lowest BCUT2D eigenvalue weighted by molar-refractivity contribution is 0.339. The van der Waals surface area contributed by atoms with Crippen LogP contribution in [0.2, 0.25) is 0 Å². The number of nitrogens with zero attached hydrogens (tertiary/aromatic N) is 5. The van der Waals surface area contributed by atoms with Crippen LogP contribution < -0.4 is 4.90 Å². The van der Waals surface area contributed by atoms with E-state index in [1.54, 1.807) is 6.20 Å². The van der Waals surface area contributed by atoms with Crippen molar-refractivity contribution in [1.29, 1.82) is 0 Å². The van der Waals surface area contributed by atoms with Crippen molar-refractivity contribution in [2.45, 2.75) is 39.2 Å². The number of anilines is 1. The van der Waals surface area contributed by atoms with Crippen molar-refractivity contribution in [2.24, 2.45) is 5.92 Å². The summed E-state index contributed by atoms with van der Waals surface area (Å²) >= 11 is 0. The van der Waals surface area contributed by atoms with Gasteiger partial charge in [0.2, 0.25) is 0 Å². The molecule has 0 aliphatic carbocycles. The second kappa shape index (κ2) is 7.21. The summed E-state index contributed by atoms with van der Waals surface area (Å²) in [6.45, 7) is 5.38. The van der Waals surface area contributed by atoms with Crippen LogP contribution >= 0.6 is 0 Å². The third-order valence-corrected chi connectivity index (χ3v) is 5.13. The largest absolute Gasteiger partial charge is 0.371 e. The van der Waals surface area contributed by atoms with E-state index in [1.807, 2.05) is 10.9 Å². The van der Waals surface area contributed by atoms with E-state index in [-0.39, 0.29) is 0 Å². The molecule has 0 saturated carbocycles. The molecule has 3 aromatic rings. The molecule has 1 saturated heterocycles. The minimum absolute atomic E-state index is 0.682. The van der Waals surface area contributed by atoms with Gasteiger partial charge in [-0.1, -0.05) is 36.8 Å². The molecule has 0 amide bonds. The van der Waals surface area contributed by atoms with Gasteiger partial charge < -0.3 is 4.90 Å². The molecule has 4 rings (SSSR count). The van der Waals surface area contributed by atoms with Gasteiger partial charge in [-0.25, -0.2) is 0 Å². The first-order valence-corrected chi connectivity index (χ1v) is 9.31. The number of aryl methyl sites for hydroxylation is 1. The van der Waals surface area contributed by atoms with E-state index in [1.165, 1.54) is 29.6 Å². The predicted octanol–water partition coefficient (Wildman–Crippen LogP) is 3.70. The van der Waals surface area contributed by atoms with Crippen molar-refractivity contribution in [3.8, 4) is 0 Å². The van der Waals surface area contributed by atoms with Gasteiger partial charge in [-0.2, -0.15) is 0 Å². The maximum Gasteiger partial charge on any atom is 0.0726 e. The summed E-state index contributed by atoms with van der Waals surface area (Å²) in [5, 5.41) is 9.29. The Kier molecular flexibility index (Phi) is 4.63. The molecule has 3 heterocycles. The van der Waals surface area contributed by atoms with Crippen molar-refractivity contribution in [3.05, 3.63) is 48.4 Å². The highest BCUT2D eigenvalue weighted by Gasteiger charge is 2.22. The highest BCUT2D eigenvalue weighted by atomic mass is 15.4. The maximum absolute atomic E-state index is 4.84. The molecular formula is C20H25N5. The normalized spacial score (nSPS) is 15.8. The van der Waals surface area contributed by atoms with Gasteiger partial charge >= 0.3 is 0 Å². The molecule has 5 nitrogen and oxygen atoms in total. The third-order valence-electron chi connectivity index (χ3n) is 5.13. The number of aromatic nitrogens is 4. The molecule has 0 unspecified atom stereocenters. The average Bonchev–Trinajstić information content (AvgIpc) is 3.15. The van der Waals surface area contributed by atoms with Crippen molar-refractivity contribution in [2.75, 3.05) is 18.0 Å². The number of hydrogen-bond acceptors (Lipinski definition) is 4. The topological polar surface area (TPSA) is 46.8 Å². The molecule has 1 aliphatic heterocycles. The lowest BCUT2D eigenvalue weighted by Crippen LogP contribution is -2.35. The standard InChI is InChI=1S/C20H25N5/c1-2-5-17-14-20(18-6-3-4-7-19(18)22-17)24-11-8-16(9-12-24)15-25-13-10-21-23-25/h3-4,6-7,10,13-14,16H,2,5,8-9,11-12,15H2,1H3. The number of fused-ring (bicyclic) bond motifs is 1. The fourth-order valence-electron chi connectivity index (χ4n) is 3.81. The van der Waals surface area contributed by atoms with Gasteiger partial charge in [0.25, 0.3) is 0 Å². The predicted molar refractivity (Wildman–Crippen MR) is 101 cm³/mol. The van der Waals surface area contributed by atoms with E-state index < -0.39 is 0 Å². The van der Waals surface area contributed by atoms with Gasteiger partial charge in [-0.15, -0.1) is 5.10 Å². The van der Waals surface area contributed by atoms with Crippen LogP contribution in [-0.4, -0.2) is 33.1 Å². The minimum Gasteiger partial charge on any atom is -0.371 e. The first-order valence-electron chi connectivity index (χ1n) is 9.31. The Morgan fingerprint density at radius 3 is 2.76 bits per heavy atom. The molecule has 1 aliphatic rings. The van der Waals surface area contributed by atoms with E-state index in [2.05, 4.69) is 52.5 Å². The first kappa shape index (κ1) is 16.1.